The van der Waals surface area contributed by atoms with Crippen molar-refractivity contribution in [2.24, 2.45) is 0 Å². The van der Waals surface area contributed by atoms with Gasteiger partial charge in [-0.15, -0.1) is 22.7 Å². The zero-order valence-electron chi connectivity index (χ0n) is 8.64. The van der Waals surface area contributed by atoms with Crippen LogP contribution in [0.2, 0.25) is 0 Å². The molecule has 0 saturated carbocycles. The first kappa shape index (κ1) is 10.8. The third-order valence-corrected chi connectivity index (χ3v) is 4.14. The number of nitrogens with zero attached hydrogens (tertiary/aromatic N) is 1. The third kappa shape index (κ3) is 3.12. The number of hydrogen-bond acceptors (Lipinski definition) is 4. The molecule has 2 aromatic heterocycles. The Hall–Kier alpha value is -0.710. The molecule has 2 heterocycles. The van der Waals surface area contributed by atoms with Crippen LogP contribution in [0.4, 0.5) is 0 Å². The van der Waals surface area contributed by atoms with Crippen molar-refractivity contribution >= 4 is 22.7 Å². The second-order valence-electron chi connectivity index (χ2n) is 3.37. The Morgan fingerprint density at radius 2 is 2.33 bits per heavy atom. The van der Waals surface area contributed by atoms with Gasteiger partial charge in [0, 0.05) is 35.5 Å². The summed E-state index contributed by atoms with van der Waals surface area (Å²) in [6, 6.07) is 4.72. The summed E-state index contributed by atoms with van der Waals surface area (Å²) in [4.78, 5) is 5.65. The summed E-state index contributed by atoms with van der Waals surface area (Å²) in [5.74, 6) is 0. The molecule has 0 amide bonds. The monoisotopic (exact) mass is 238 g/mol. The molecular formula is C11H14N2S2. The molecule has 0 aliphatic rings. The lowest BCUT2D eigenvalue weighted by Crippen LogP contribution is -2.20. The summed E-state index contributed by atoms with van der Waals surface area (Å²) in [6.45, 7) is 3.19. The van der Waals surface area contributed by atoms with Gasteiger partial charge in [0.25, 0.3) is 0 Å². The van der Waals surface area contributed by atoms with Gasteiger partial charge in [-0.3, -0.25) is 0 Å². The molecule has 0 aliphatic heterocycles. The molecule has 4 heteroatoms. The van der Waals surface area contributed by atoms with Crippen LogP contribution in [0.1, 0.15) is 22.9 Å². The van der Waals surface area contributed by atoms with E-state index in [2.05, 4.69) is 34.7 Å². The van der Waals surface area contributed by atoms with Crippen LogP contribution >= 0.6 is 22.7 Å². The van der Waals surface area contributed by atoms with Gasteiger partial charge < -0.3 is 5.32 Å². The van der Waals surface area contributed by atoms with Crippen molar-refractivity contribution in [3.63, 3.8) is 0 Å². The highest BCUT2D eigenvalue weighted by atomic mass is 32.1. The quantitative estimate of drug-likeness (QED) is 0.866. The Morgan fingerprint density at radius 1 is 1.40 bits per heavy atom. The molecule has 1 N–H and O–H groups in total. The minimum absolute atomic E-state index is 0.449. The van der Waals surface area contributed by atoms with E-state index in [1.54, 1.807) is 22.7 Å². The highest BCUT2D eigenvalue weighted by molar-refractivity contribution is 7.10. The van der Waals surface area contributed by atoms with Crippen LogP contribution in [-0.2, 0) is 6.42 Å². The van der Waals surface area contributed by atoms with Crippen LogP contribution in [0.25, 0.3) is 0 Å². The summed E-state index contributed by atoms with van der Waals surface area (Å²) >= 11 is 3.53. The fourth-order valence-electron chi connectivity index (χ4n) is 1.41. The predicted molar refractivity (Wildman–Crippen MR) is 66.6 cm³/mol. The van der Waals surface area contributed by atoms with Gasteiger partial charge in [-0.25, -0.2) is 4.98 Å². The van der Waals surface area contributed by atoms with Crippen LogP contribution in [-0.4, -0.2) is 11.5 Å². The van der Waals surface area contributed by atoms with E-state index in [1.165, 1.54) is 9.88 Å². The maximum Gasteiger partial charge on any atom is 0.0937 e. The van der Waals surface area contributed by atoms with Crippen molar-refractivity contribution < 1.29 is 0 Å². The topological polar surface area (TPSA) is 24.9 Å². The summed E-state index contributed by atoms with van der Waals surface area (Å²) in [5, 5.41) is 8.85. The molecule has 0 saturated heterocycles. The summed E-state index contributed by atoms with van der Waals surface area (Å²) in [6.07, 6.45) is 2.89. The van der Waals surface area contributed by atoms with Gasteiger partial charge in [-0.05, 0) is 18.4 Å². The van der Waals surface area contributed by atoms with E-state index < -0.39 is 0 Å². The lowest BCUT2D eigenvalue weighted by Gasteiger charge is -2.10. The van der Waals surface area contributed by atoms with Gasteiger partial charge in [0.15, 0.2) is 0 Å². The molecule has 2 aromatic rings. The van der Waals surface area contributed by atoms with E-state index >= 15 is 0 Å². The van der Waals surface area contributed by atoms with Gasteiger partial charge in [0.2, 0.25) is 0 Å². The van der Waals surface area contributed by atoms with Crippen molar-refractivity contribution in [1.29, 1.82) is 0 Å². The number of rotatable bonds is 5. The number of thiazole rings is 1. The largest absolute Gasteiger partial charge is 0.309 e. The molecule has 2 rings (SSSR count). The van der Waals surface area contributed by atoms with Crippen molar-refractivity contribution in [3.05, 3.63) is 39.0 Å². The molecule has 0 fully saturated rings. The van der Waals surface area contributed by atoms with Crippen LogP contribution < -0.4 is 5.32 Å². The zero-order valence-corrected chi connectivity index (χ0v) is 10.3. The molecule has 80 valence electrons. The summed E-state index contributed by atoms with van der Waals surface area (Å²) in [7, 11) is 0. The smallest absolute Gasteiger partial charge is 0.0937 e. The molecule has 0 aliphatic carbocycles. The van der Waals surface area contributed by atoms with Crippen molar-refractivity contribution in [2.45, 2.75) is 19.4 Å². The van der Waals surface area contributed by atoms with E-state index in [4.69, 9.17) is 0 Å². The first-order valence-electron chi connectivity index (χ1n) is 5.01. The molecule has 1 unspecified atom stereocenters. The first-order valence-corrected chi connectivity index (χ1v) is 6.77. The van der Waals surface area contributed by atoms with E-state index in [0.29, 0.717) is 6.04 Å². The predicted octanol–water partition coefficient (Wildman–Crippen LogP) is 3.10. The van der Waals surface area contributed by atoms with E-state index in [9.17, 15) is 0 Å². The average Bonchev–Trinajstić information content (AvgIpc) is 2.90. The Morgan fingerprint density at radius 3 is 3.00 bits per heavy atom. The molecule has 1 atom stereocenters. The van der Waals surface area contributed by atoms with Crippen molar-refractivity contribution in [1.82, 2.24) is 10.3 Å². The van der Waals surface area contributed by atoms with Crippen LogP contribution in [0.5, 0.6) is 0 Å². The SMILES string of the molecule is CC(NCCc1nccs1)c1cccs1. The van der Waals surface area contributed by atoms with Crippen LogP contribution in [0.15, 0.2) is 29.1 Å². The van der Waals surface area contributed by atoms with Gasteiger partial charge in [-0.2, -0.15) is 0 Å². The molecule has 2 nitrogen and oxygen atoms in total. The molecule has 0 spiro atoms. The Balaban J connectivity index is 1.74. The molecule has 0 aromatic carbocycles. The number of nitrogens with one attached hydrogen (secondary N) is 1. The lowest BCUT2D eigenvalue weighted by atomic mass is 10.2. The third-order valence-electron chi connectivity index (χ3n) is 2.24. The van der Waals surface area contributed by atoms with Gasteiger partial charge >= 0.3 is 0 Å². The molecular weight excluding hydrogens is 224 g/mol. The van der Waals surface area contributed by atoms with Gasteiger partial charge in [-0.1, -0.05) is 6.07 Å². The van der Waals surface area contributed by atoms with E-state index in [1.807, 2.05) is 11.6 Å². The average molecular weight is 238 g/mol. The minimum Gasteiger partial charge on any atom is -0.309 e. The second-order valence-corrected chi connectivity index (χ2v) is 5.33. The maximum atomic E-state index is 4.26. The highest BCUT2D eigenvalue weighted by Gasteiger charge is 2.05. The number of aromatic nitrogens is 1. The number of hydrogen-bond donors (Lipinski definition) is 1. The first-order chi connectivity index (χ1) is 7.36. The fraction of sp³-hybridized carbons (Fsp3) is 0.364. The Bertz CT molecular complexity index is 367. The maximum absolute atomic E-state index is 4.26. The van der Waals surface area contributed by atoms with E-state index in [-0.39, 0.29) is 0 Å². The molecule has 0 bridgehead atoms. The lowest BCUT2D eigenvalue weighted by molar-refractivity contribution is 0.584. The van der Waals surface area contributed by atoms with Crippen molar-refractivity contribution in [2.75, 3.05) is 6.54 Å². The summed E-state index contributed by atoms with van der Waals surface area (Å²) < 4.78 is 0. The van der Waals surface area contributed by atoms with E-state index in [0.717, 1.165) is 13.0 Å². The summed E-state index contributed by atoms with van der Waals surface area (Å²) in [5.41, 5.74) is 0. The molecule has 15 heavy (non-hydrogen) atoms. The zero-order chi connectivity index (χ0) is 10.5. The normalized spacial score (nSPS) is 12.9. The van der Waals surface area contributed by atoms with Crippen molar-refractivity contribution in [3.8, 4) is 0 Å². The minimum atomic E-state index is 0.449. The fourth-order valence-corrected chi connectivity index (χ4v) is 2.79. The number of thiophene rings is 1. The highest BCUT2D eigenvalue weighted by Crippen LogP contribution is 2.17. The Kier molecular flexibility index (Phi) is 3.88. The van der Waals surface area contributed by atoms with Gasteiger partial charge in [0.05, 0.1) is 5.01 Å². The van der Waals surface area contributed by atoms with Crippen LogP contribution in [0.3, 0.4) is 0 Å². The van der Waals surface area contributed by atoms with Crippen LogP contribution in [0, 0.1) is 0 Å². The van der Waals surface area contributed by atoms with Gasteiger partial charge in [0.1, 0.15) is 0 Å². The molecule has 0 radical (unpaired) electrons. The standard InChI is InChI=1S/C11H14N2S2/c1-9(10-3-2-7-14-10)12-5-4-11-13-6-8-15-11/h2-3,6-9,12H,4-5H2,1H3. The second kappa shape index (κ2) is 5.39. The Labute approximate surface area is 98.0 Å².